The van der Waals surface area contributed by atoms with Crippen molar-refractivity contribution in [1.29, 1.82) is 0 Å². The summed E-state index contributed by atoms with van der Waals surface area (Å²) in [5.74, 6) is 0.491. The number of amides is 1. The molecule has 0 aromatic heterocycles. The molecule has 1 aliphatic heterocycles. The first-order valence-electron chi connectivity index (χ1n) is 3.19. The van der Waals surface area contributed by atoms with Gasteiger partial charge in [0, 0.05) is 6.54 Å². The van der Waals surface area contributed by atoms with Crippen LogP contribution in [0.15, 0.2) is 0 Å². The fourth-order valence-corrected chi connectivity index (χ4v) is 1.58. The van der Waals surface area contributed by atoms with Crippen molar-refractivity contribution in [3.63, 3.8) is 0 Å². The molecule has 3 nitrogen and oxygen atoms in total. The number of piperidine rings is 1. The fraction of sp³-hybridized carbons (Fsp3) is 0.833. The molecule has 2 atom stereocenters. The van der Waals surface area contributed by atoms with E-state index < -0.39 is 0 Å². The van der Waals surface area contributed by atoms with Crippen molar-refractivity contribution in [2.45, 2.75) is 6.42 Å². The van der Waals surface area contributed by atoms with E-state index in [1.165, 1.54) is 0 Å². The van der Waals surface area contributed by atoms with Gasteiger partial charge in [-0.05, 0) is 12.3 Å². The molecule has 0 bridgehead atoms. The third-order valence-corrected chi connectivity index (χ3v) is 2.48. The van der Waals surface area contributed by atoms with E-state index in [0.717, 1.165) is 13.0 Å². The van der Waals surface area contributed by atoms with Crippen LogP contribution in [0.1, 0.15) is 6.42 Å². The van der Waals surface area contributed by atoms with E-state index in [0.29, 0.717) is 5.92 Å². The second-order valence-corrected chi connectivity index (χ2v) is 2.93. The van der Waals surface area contributed by atoms with Gasteiger partial charge in [-0.15, -0.1) is 0 Å². The minimum atomic E-state index is -0.333. The van der Waals surface area contributed by atoms with Crippen molar-refractivity contribution in [2.75, 3.05) is 13.2 Å². The lowest BCUT2D eigenvalue weighted by Crippen LogP contribution is -2.27. The number of carbonyl (C=O) groups excluding carboxylic acids is 1. The zero-order chi connectivity index (χ0) is 6.48. The van der Waals surface area contributed by atoms with Gasteiger partial charge < -0.3 is 10.4 Å². The Labute approximate surface area is 53.1 Å². The molecule has 0 aromatic carbocycles. The highest BCUT2D eigenvalue weighted by Gasteiger charge is 2.63. The van der Waals surface area contributed by atoms with Gasteiger partial charge in [-0.25, -0.2) is 0 Å². The minimum absolute atomic E-state index is 0.0312. The number of fused-ring (bicyclic) bond motifs is 1. The quantitative estimate of drug-likeness (QED) is 0.480. The number of rotatable bonds is 1. The maximum absolute atomic E-state index is 10.9. The normalized spacial score (nSPS) is 46.3. The summed E-state index contributed by atoms with van der Waals surface area (Å²) in [6, 6.07) is 0. The van der Waals surface area contributed by atoms with Gasteiger partial charge in [0.15, 0.2) is 0 Å². The van der Waals surface area contributed by atoms with Gasteiger partial charge in [0.1, 0.15) is 0 Å². The van der Waals surface area contributed by atoms with E-state index in [9.17, 15) is 4.79 Å². The average molecular weight is 127 g/mol. The van der Waals surface area contributed by atoms with E-state index in [2.05, 4.69) is 5.32 Å². The molecule has 0 unspecified atom stereocenters. The molecule has 2 N–H and O–H groups in total. The number of nitrogens with one attached hydrogen (secondary N) is 1. The first kappa shape index (κ1) is 5.23. The SMILES string of the molecule is O=C1NC[C@H]2C[C@@]12CO. The second-order valence-electron chi connectivity index (χ2n) is 2.93. The summed E-state index contributed by atoms with van der Waals surface area (Å²) >= 11 is 0. The number of aliphatic hydroxyl groups is 1. The van der Waals surface area contributed by atoms with E-state index in [4.69, 9.17) is 5.11 Å². The number of hydrogen-bond donors (Lipinski definition) is 2. The van der Waals surface area contributed by atoms with E-state index >= 15 is 0 Å². The Balaban J connectivity index is 2.23. The largest absolute Gasteiger partial charge is 0.395 e. The Morgan fingerprint density at radius 1 is 1.89 bits per heavy atom. The predicted molar refractivity (Wildman–Crippen MR) is 30.6 cm³/mol. The molecule has 2 aliphatic rings. The van der Waals surface area contributed by atoms with Gasteiger partial charge in [0.2, 0.25) is 5.91 Å². The van der Waals surface area contributed by atoms with Gasteiger partial charge in [0.25, 0.3) is 0 Å². The Bertz CT molecular complexity index is 164. The summed E-state index contributed by atoms with van der Waals surface area (Å²) in [5.41, 5.74) is -0.333. The van der Waals surface area contributed by atoms with Crippen molar-refractivity contribution in [3.8, 4) is 0 Å². The lowest BCUT2D eigenvalue weighted by atomic mass is 10.1. The van der Waals surface area contributed by atoms with Crippen LogP contribution in [0.3, 0.4) is 0 Å². The van der Waals surface area contributed by atoms with Crippen molar-refractivity contribution < 1.29 is 9.90 Å². The molecule has 1 heterocycles. The molecule has 2 fully saturated rings. The van der Waals surface area contributed by atoms with Crippen LogP contribution in [0.5, 0.6) is 0 Å². The highest BCUT2D eigenvalue weighted by molar-refractivity contribution is 5.88. The van der Waals surface area contributed by atoms with Crippen LogP contribution in [0.4, 0.5) is 0 Å². The monoisotopic (exact) mass is 127 g/mol. The van der Waals surface area contributed by atoms with E-state index in [1.54, 1.807) is 0 Å². The van der Waals surface area contributed by atoms with Crippen LogP contribution in [0.25, 0.3) is 0 Å². The number of aliphatic hydroxyl groups excluding tert-OH is 1. The molecule has 1 aliphatic carbocycles. The maximum atomic E-state index is 10.9. The number of hydrogen-bond acceptors (Lipinski definition) is 2. The van der Waals surface area contributed by atoms with Crippen molar-refractivity contribution in [3.05, 3.63) is 0 Å². The Kier molecular flexibility index (Phi) is 0.750. The summed E-state index contributed by atoms with van der Waals surface area (Å²) in [4.78, 5) is 10.9. The van der Waals surface area contributed by atoms with Gasteiger partial charge in [-0.1, -0.05) is 0 Å². The predicted octanol–water partition coefficient (Wildman–Crippen LogP) is -0.885. The Morgan fingerprint density at radius 3 is 2.89 bits per heavy atom. The van der Waals surface area contributed by atoms with Crippen LogP contribution in [0.2, 0.25) is 0 Å². The van der Waals surface area contributed by atoms with Crippen LogP contribution in [-0.4, -0.2) is 24.2 Å². The molecule has 9 heavy (non-hydrogen) atoms. The molecule has 1 saturated heterocycles. The van der Waals surface area contributed by atoms with Crippen LogP contribution in [0, 0.1) is 11.3 Å². The lowest BCUT2D eigenvalue weighted by molar-refractivity contribution is -0.125. The molecule has 0 spiro atoms. The Morgan fingerprint density at radius 2 is 2.67 bits per heavy atom. The summed E-state index contributed by atoms with van der Waals surface area (Å²) in [6.07, 6.45) is 0.898. The zero-order valence-corrected chi connectivity index (χ0v) is 5.05. The molecule has 1 amide bonds. The van der Waals surface area contributed by atoms with Crippen molar-refractivity contribution in [2.24, 2.45) is 11.3 Å². The van der Waals surface area contributed by atoms with E-state index in [-0.39, 0.29) is 17.9 Å². The molecule has 0 aromatic rings. The minimum Gasteiger partial charge on any atom is -0.395 e. The van der Waals surface area contributed by atoms with Gasteiger partial charge in [0.05, 0.1) is 12.0 Å². The van der Waals surface area contributed by atoms with Crippen LogP contribution >= 0.6 is 0 Å². The summed E-state index contributed by atoms with van der Waals surface area (Å²) in [5, 5.41) is 11.5. The van der Waals surface area contributed by atoms with E-state index in [1.807, 2.05) is 0 Å². The molecule has 2 rings (SSSR count). The van der Waals surface area contributed by atoms with Crippen molar-refractivity contribution in [1.82, 2.24) is 5.32 Å². The third-order valence-electron chi connectivity index (χ3n) is 2.48. The lowest BCUT2D eigenvalue weighted by Gasteiger charge is -2.02. The molecule has 1 saturated carbocycles. The van der Waals surface area contributed by atoms with Crippen LogP contribution < -0.4 is 5.32 Å². The second kappa shape index (κ2) is 1.29. The molecular formula is C6H9NO2. The van der Waals surface area contributed by atoms with Gasteiger partial charge >= 0.3 is 0 Å². The van der Waals surface area contributed by atoms with Gasteiger partial charge in [-0.2, -0.15) is 0 Å². The van der Waals surface area contributed by atoms with Crippen molar-refractivity contribution >= 4 is 5.91 Å². The van der Waals surface area contributed by atoms with Gasteiger partial charge in [-0.3, -0.25) is 4.79 Å². The first-order chi connectivity index (χ1) is 4.29. The smallest absolute Gasteiger partial charge is 0.228 e. The topological polar surface area (TPSA) is 49.3 Å². The molecule has 3 heteroatoms. The molecule has 50 valence electrons. The number of carbonyl (C=O) groups is 1. The highest BCUT2D eigenvalue weighted by Crippen LogP contribution is 2.54. The Hall–Kier alpha value is -0.570. The summed E-state index contributed by atoms with van der Waals surface area (Å²) in [6.45, 7) is 0.808. The third kappa shape index (κ3) is 0.435. The zero-order valence-electron chi connectivity index (χ0n) is 5.05. The summed E-state index contributed by atoms with van der Waals surface area (Å²) in [7, 11) is 0. The highest BCUT2D eigenvalue weighted by atomic mass is 16.3. The molecular weight excluding hydrogens is 118 g/mol. The summed E-state index contributed by atoms with van der Waals surface area (Å²) < 4.78 is 0. The average Bonchev–Trinajstić information content (AvgIpc) is 2.52. The standard InChI is InChI=1S/C6H9NO2/c8-3-6-1-4(6)2-7-5(6)9/h4,8H,1-3H2,(H,7,9)/t4-,6+/m1/s1. The maximum Gasteiger partial charge on any atom is 0.228 e. The first-order valence-corrected chi connectivity index (χ1v) is 3.19. The van der Waals surface area contributed by atoms with Crippen LogP contribution in [-0.2, 0) is 4.79 Å². The fourth-order valence-electron chi connectivity index (χ4n) is 1.58. The molecule has 0 radical (unpaired) electrons.